The van der Waals surface area contributed by atoms with Crippen molar-refractivity contribution in [2.45, 2.75) is 50.3 Å². The number of amides is 2. The first-order chi connectivity index (χ1) is 15.5. The molecule has 33 heavy (non-hydrogen) atoms. The first-order valence-electron chi connectivity index (χ1n) is 10.7. The lowest BCUT2D eigenvalue weighted by atomic mass is 9.94. The van der Waals surface area contributed by atoms with E-state index in [1.165, 1.54) is 12.1 Å². The van der Waals surface area contributed by atoms with Gasteiger partial charge in [-0.25, -0.2) is 0 Å². The Bertz CT molecular complexity index is 990. The summed E-state index contributed by atoms with van der Waals surface area (Å²) < 4.78 is 44.3. The smallest absolute Gasteiger partial charge is 0.416 e. The molecule has 178 valence electrons. The summed E-state index contributed by atoms with van der Waals surface area (Å²) in [7, 11) is 0. The highest BCUT2D eigenvalue weighted by atomic mass is 35.5. The van der Waals surface area contributed by atoms with Crippen molar-refractivity contribution in [3.8, 4) is 5.75 Å². The molecule has 9 heteroatoms. The van der Waals surface area contributed by atoms with Gasteiger partial charge < -0.3 is 15.4 Å². The summed E-state index contributed by atoms with van der Waals surface area (Å²) in [5, 5.41) is 6.16. The molecule has 0 saturated heterocycles. The SMILES string of the molecule is CCNC(=O)C(C)(CCNC(=O)C1(c2ccc(Cl)cc2)CC1)Oc1ccc(C(F)(F)F)cc1. The normalized spacial score (nSPS) is 16.4. The van der Waals surface area contributed by atoms with Crippen LogP contribution < -0.4 is 15.4 Å². The van der Waals surface area contributed by atoms with Gasteiger partial charge in [-0.3, -0.25) is 9.59 Å². The molecule has 1 saturated carbocycles. The number of likely N-dealkylation sites (N-methyl/N-ethyl adjacent to an activating group) is 1. The third kappa shape index (κ3) is 5.79. The Morgan fingerprint density at radius 3 is 2.15 bits per heavy atom. The second kappa shape index (κ2) is 9.63. The van der Waals surface area contributed by atoms with Gasteiger partial charge in [-0.2, -0.15) is 13.2 Å². The van der Waals surface area contributed by atoms with Gasteiger partial charge in [-0.15, -0.1) is 0 Å². The molecule has 2 aromatic carbocycles. The summed E-state index contributed by atoms with van der Waals surface area (Å²) in [4.78, 5) is 25.6. The van der Waals surface area contributed by atoms with E-state index in [2.05, 4.69) is 10.6 Å². The minimum atomic E-state index is -4.46. The van der Waals surface area contributed by atoms with Crippen molar-refractivity contribution in [1.82, 2.24) is 10.6 Å². The lowest BCUT2D eigenvalue weighted by Gasteiger charge is -2.30. The van der Waals surface area contributed by atoms with Crippen molar-refractivity contribution < 1.29 is 27.5 Å². The molecule has 5 nitrogen and oxygen atoms in total. The van der Waals surface area contributed by atoms with Crippen molar-refractivity contribution in [1.29, 1.82) is 0 Å². The highest BCUT2D eigenvalue weighted by Gasteiger charge is 2.51. The Balaban J connectivity index is 1.67. The molecule has 1 unspecified atom stereocenters. The number of ether oxygens (including phenoxy) is 1. The van der Waals surface area contributed by atoms with E-state index in [0.717, 1.165) is 30.5 Å². The van der Waals surface area contributed by atoms with Crippen LogP contribution in [0.2, 0.25) is 5.02 Å². The van der Waals surface area contributed by atoms with Gasteiger partial charge in [0.25, 0.3) is 5.91 Å². The maximum absolute atomic E-state index is 12.9. The zero-order chi connectivity index (χ0) is 24.3. The van der Waals surface area contributed by atoms with Crippen LogP contribution in [0.4, 0.5) is 13.2 Å². The third-order valence-corrected chi connectivity index (χ3v) is 6.06. The summed E-state index contributed by atoms with van der Waals surface area (Å²) >= 11 is 5.94. The molecule has 1 atom stereocenters. The van der Waals surface area contributed by atoms with Crippen molar-refractivity contribution >= 4 is 23.4 Å². The zero-order valence-corrected chi connectivity index (χ0v) is 19.1. The number of hydrogen-bond acceptors (Lipinski definition) is 3. The van der Waals surface area contributed by atoms with Crippen LogP contribution in [0, 0.1) is 0 Å². The minimum absolute atomic E-state index is 0.127. The number of hydrogen-bond donors (Lipinski definition) is 2. The molecule has 0 aliphatic heterocycles. The van der Waals surface area contributed by atoms with Gasteiger partial charge in [-0.1, -0.05) is 23.7 Å². The highest BCUT2D eigenvalue weighted by Crippen LogP contribution is 2.48. The van der Waals surface area contributed by atoms with E-state index in [0.29, 0.717) is 11.6 Å². The van der Waals surface area contributed by atoms with E-state index in [1.807, 2.05) is 12.1 Å². The molecule has 2 aromatic rings. The van der Waals surface area contributed by atoms with Crippen LogP contribution in [0.1, 0.15) is 44.2 Å². The molecule has 3 rings (SSSR count). The third-order valence-electron chi connectivity index (χ3n) is 5.81. The van der Waals surface area contributed by atoms with E-state index >= 15 is 0 Å². The highest BCUT2D eigenvalue weighted by molar-refractivity contribution is 6.30. The maximum Gasteiger partial charge on any atom is 0.416 e. The fraction of sp³-hybridized carbons (Fsp3) is 0.417. The van der Waals surface area contributed by atoms with Crippen LogP contribution in [0.3, 0.4) is 0 Å². The summed E-state index contributed by atoms with van der Waals surface area (Å²) in [6, 6.07) is 11.3. The fourth-order valence-electron chi connectivity index (χ4n) is 3.66. The molecule has 0 heterocycles. The van der Waals surface area contributed by atoms with Crippen molar-refractivity contribution in [3.63, 3.8) is 0 Å². The van der Waals surface area contributed by atoms with Gasteiger partial charge >= 0.3 is 6.18 Å². The summed E-state index contributed by atoms with van der Waals surface area (Å²) in [6.07, 6.45) is -2.90. The van der Waals surface area contributed by atoms with E-state index in [9.17, 15) is 22.8 Å². The zero-order valence-electron chi connectivity index (χ0n) is 18.4. The first kappa shape index (κ1) is 24.9. The Hall–Kier alpha value is -2.74. The standard InChI is InChI=1S/C24H26ClF3N2O3/c1-3-29-20(31)22(2,33-19-10-6-17(7-11-19)24(26,27)28)14-15-30-21(32)23(12-13-23)16-4-8-18(25)9-5-16/h4-11H,3,12-15H2,1-2H3,(H,29,31)(H,30,32). The largest absolute Gasteiger partial charge is 0.478 e. The summed E-state index contributed by atoms with van der Waals surface area (Å²) in [5.41, 5.74) is -1.91. The van der Waals surface area contributed by atoms with E-state index in [-0.39, 0.29) is 24.6 Å². The quantitative estimate of drug-likeness (QED) is 0.536. The Morgan fingerprint density at radius 1 is 1.03 bits per heavy atom. The van der Waals surface area contributed by atoms with Gasteiger partial charge in [-0.05, 0) is 68.7 Å². The molecular weight excluding hydrogens is 457 g/mol. The number of alkyl halides is 3. The van der Waals surface area contributed by atoms with Crippen LogP contribution in [0.5, 0.6) is 5.75 Å². The predicted molar refractivity (Wildman–Crippen MR) is 119 cm³/mol. The average Bonchev–Trinajstić information content (AvgIpc) is 3.56. The molecule has 0 spiro atoms. The first-order valence-corrected chi connectivity index (χ1v) is 11.1. The topological polar surface area (TPSA) is 67.4 Å². The number of rotatable bonds is 9. The molecule has 0 bridgehead atoms. The second-order valence-electron chi connectivity index (χ2n) is 8.31. The van der Waals surface area contributed by atoms with Crippen LogP contribution in [0.25, 0.3) is 0 Å². The van der Waals surface area contributed by atoms with Gasteiger partial charge in [0.15, 0.2) is 5.60 Å². The number of carbonyl (C=O) groups excluding carboxylic acids is 2. The maximum atomic E-state index is 12.9. The molecule has 1 fully saturated rings. The Labute approximate surface area is 195 Å². The van der Waals surface area contributed by atoms with Crippen LogP contribution in [-0.4, -0.2) is 30.5 Å². The minimum Gasteiger partial charge on any atom is -0.478 e. The van der Waals surface area contributed by atoms with E-state index in [4.69, 9.17) is 16.3 Å². The fourth-order valence-corrected chi connectivity index (χ4v) is 3.78. The molecule has 1 aliphatic rings. The molecule has 0 aromatic heterocycles. The van der Waals surface area contributed by atoms with E-state index < -0.39 is 28.7 Å². The Kier molecular flexibility index (Phi) is 7.26. The average molecular weight is 483 g/mol. The number of halogens is 4. The molecule has 0 radical (unpaired) electrons. The number of nitrogens with one attached hydrogen (secondary N) is 2. The van der Waals surface area contributed by atoms with Crippen LogP contribution in [0.15, 0.2) is 48.5 Å². The van der Waals surface area contributed by atoms with Gasteiger partial charge in [0, 0.05) is 24.5 Å². The summed E-state index contributed by atoms with van der Waals surface area (Å²) in [6.45, 7) is 3.81. The van der Waals surface area contributed by atoms with Crippen LogP contribution in [-0.2, 0) is 21.2 Å². The predicted octanol–water partition coefficient (Wildman–Crippen LogP) is 4.87. The van der Waals surface area contributed by atoms with Gasteiger partial charge in [0.1, 0.15) is 5.75 Å². The van der Waals surface area contributed by atoms with Crippen molar-refractivity contribution in [3.05, 3.63) is 64.7 Å². The van der Waals surface area contributed by atoms with Crippen molar-refractivity contribution in [2.75, 3.05) is 13.1 Å². The van der Waals surface area contributed by atoms with Crippen LogP contribution >= 0.6 is 11.6 Å². The lowest BCUT2D eigenvalue weighted by molar-refractivity contribution is -0.138. The Morgan fingerprint density at radius 2 is 1.64 bits per heavy atom. The van der Waals surface area contributed by atoms with Gasteiger partial charge in [0.05, 0.1) is 11.0 Å². The monoisotopic (exact) mass is 482 g/mol. The number of benzene rings is 2. The second-order valence-corrected chi connectivity index (χ2v) is 8.75. The van der Waals surface area contributed by atoms with Crippen molar-refractivity contribution in [2.24, 2.45) is 0 Å². The molecule has 1 aliphatic carbocycles. The molecular formula is C24H26ClF3N2O3. The van der Waals surface area contributed by atoms with Gasteiger partial charge in [0.2, 0.25) is 5.91 Å². The molecule has 2 N–H and O–H groups in total. The summed E-state index contributed by atoms with van der Waals surface area (Å²) in [5.74, 6) is -0.432. The number of carbonyl (C=O) groups is 2. The van der Waals surface area contributed by atoms with E-state index in [1.54, 1.807) is 26.0 Å². The molecule has 2 amide bonds. The lowest BCUT2D eigenvalue weighted by Crippen LogP contribution is -2.51.